The second-order valence-corrected chi connectivity index (χ2v) is 5.47. The molecule has 2 aromatic rings. The zero-order valence-electron chi connectivity index (χ0n) is 11.7. The molecule has 1 heterocycles. The Labute approximate surface area is 115 Å². The summed E-state index contributed by atoms with van der Waals surface area (Å²) >= 11 is 0. The van der Waals surface area contributed by atoms with E-state index in [2.05, 4.69) is 5.10 Å². The molecule has 0 aliphatic rings. The van der Waals surface area contributed by atoms with Crippen molar-refractivity contribution in [2.75, 3.05) is 0 Å². The van der Waals surface area contributed by atoms with Crippen LogP contribution in [-0.4, -0.2) is 26.4 Å². The van der Waals surface area contributed by atoms with Crippen molar-refractivity contribution in [2.24, 2.45) is 0 Å². The minimum atomic E-state index is -0.664. The Morgan fingerprint density at radius 3 is 2.60 bits per heavy atom. The van der Waals surface area contributed by atoms with Gasteiger partial charge in [-0.2, -0.15) is 9.78 Å². The molecular formula is C13H15N3O4. The van der Waals surface area contributed by atoms with Crippen LogP contribution in [0, 0.1) is 17.0 Å². The van der Waals surface area contributed by atoms with Crippen molar-refractivity contribution >= 4 is 22.7 Å². The third-order valence-electron chi connectivity index (χ3n) is 2.63. The molecule has 0 saturated heterocycles. The maximum atomic E-state index is 11.9. The van der Waals surface area contributed by atoms with E-state index in [4.69, 9.17) is 4.74 Å². The molecule has 0 bridgehead atoms. The standard InChI is InChI=1S/C13H15N3O4/c1-8-5-6-10(16(18)19)9-7-15(14-11(8)9)12(17)20-13(2,3)4/h5-7H,1-4H3. The molecule has 0 aliphatic heterocycles. The molecule has 2 rings (SSSR count). The summed E-state index contributed by atoms with van der Waals surface area (Å²) in [6, 6.07) is 3.01. The van der Waals surface area contributed by atoms with Crippen LogP contribution < -0.4 is 0 Å². The predicted octanol–water partition coefficient (Wildman–Crippen LogP) is 3.04. The van der Waals surface area contributed by atoms with Gasteiger partial charge in [0.25, 0.3) is 5.69 Å². The zero-order valence-corrected chi connectivity index (χ0v) is 11.7. The van der Waals surface area contributed by atoms with Crippen molar-refractivity contribution in [1.29, 1.82) is 0 Å². The van der Waals surface area contributed by atoms with Crippen LogP contribution in [0.3, 0.4) is 0 Å². The van der Waals surface area contributed by atoms with E-state index in [9.17, 15) is 14.9 Å². The number of hydrogen-bond acceptors (Lipinski definition) is 5. The molecule has 7 heteroatoms. The molecule has 20 heavy (non-hydrogen) atoms. The van der Waals surface area contributed by atoms with Crippen molar-refractivity contribution in [3.63, 3.8) is 0 Å². The van der Waals surface area contributed by atoms with E-state index < -0.39 is 16.6 Å². The van der Waals surface area contributed by atoms with E-state index in [0.29, 0.717) is 10.9 Å². The molecule has 0 atom stereocenters. The van der Waals surface area contributed by atoms with Gasteiger partial charge in [-0.3, -0.25) is 10.1 Å². The first-order chi connectivity index (χ1) is 9.19. The molecule has 0 radical (unpaired) electrons. The number of fused-ring (bicyclic) bond motifs is 1. The van der Waals surface area contributed by atoms with Gasteiger partial charge in [-0.15, -0.1) is 0 Å². The monoisotopic (exact) mass is 277 g/mol. The lowest BCUT2D eigenvalue weighted by Crippen LogP contribution is -2.27. The Balaban J connectivity index is 2.53. The quantitative estimate of drug-likeness (QED) is 0.590. The van der Waals surface area contributed by atoms with Crippen molar-refractivity contribution in [3.05, 3.63) is 34.0 Å². The maximum Gasteiger partial charge on any atom is 0.435 e. The van der Waals surface area contributed by atoms with Gasteiger partial charge in [0.15, 0.2) is 0 Å². The number of carbonyl (C=O) groups excluding carboxylic acids is 1. The lowest BCUT2D eigenvalue weighted by Gasteiger charge is -2.18. The van der Waals surface area contributed by atoms with Gasteiger partial charge in [0.05, 0.1) is 16.5 Å². The fraction of sp³-hybridized carbons (Fsp3) is 0.385. The lowest BCUT2D eigenvalue weighted by atomic mass is 10.1. The topological polar surface area (TPSA) is 87.3 Å². The van der Waals surface area contributed by atoms with Crippen molar-refractivity contribution < 1.29 is 14.5 Å². The number of nitro benzene ring substituents is 1. The zero-order chi connectivity index (χ0) is 15.1. The molecular weight excluding hydrogens is 262 g/mol. The van der Waals surface area contributed by atoms with E-state index in [1.165, 1.54) is 12.3 Å². The maximum absolute atomic E-state index is 11.9. The van der Waals surface area contributed by atoms with E-state index in [1.54, 1.807) is 33.8 Å². The Hall–Kier alpha value is -2.44. The molecule has 0 amide bonds. The van der Waals surface area contributed by atoms with Crippen LogP contribution in [0.1, 0.15) is 26.3 Å². The first kappa shape index (κ1) is 14.0. The van der Waals surface area contributed by atoms with Gasteiger partial charge in [0, 0.05) is 6.07 Å². The summed E-state index contributed by atoms with van der Waals surface area (Å²) in [6.45, 7) is 6.99. The average Bonchev–Trinajstić information content (AvgIpc) is 2.72. The molecule has 0 fully saturated rings. The highest BCUT2D eigenvalue weighted by Crippen LogP contribution is 2.27. The summed E-state index contributed by atoms with van der Waals surface area (Å²) in [6.07, 6.45) is 0.663. The van der Waals surface area contributed by atoms with E-state index in [-0.39, 0.29) is 5.69 Å². The number of nitrogens with zero attached hydrogens (tertiary/aromatic N) is 3. The largest absolute Gasteiger partial charge is 0.442 e. The molecule has 1 aromatic carbocycles. The number of non-ortho nitro benzene ring substituents is 1. The summed E-state index contributed by atoms with van der Waals surface area (Å²) in [4.78, 5) is 22.4. The molecule has 0 N–H and O–H groups in total. The van der Waals surface area contributed by atoms with E-state index >= 15 is 0 Å². The highest BCUT2D eigenvalue weighted by atomic mass is 16.6. The third kappa shape index (κ3) is 2.61. The van der Waals surface area contributed by atoms with Gasteiger partial charge < -0.3 is 4.74 Å². The van der Waals surface area contributed by atoms with E-state index in [1.807, 2.05) is 0 Å². The van der Waals surface area contributed by atoms with Crippen LogP contribution in [0.25, 0.3) is 10.9 Å². The number of carbonyl (C=O) groups is 1. The Kier molecular flexibility index (Phi) is 3.21. The number of aromatic nitrogens is 2. The van der Waals surface area contributed by atoms with Crippen molar-refractivity contribution in [1.82, 2.24) is 9.78 Å². The highest BCUT2D eigenvalue weighted by molar-refractivity contribution is 5.92. The summed E-state index contributed by atoms with van der Waals surface area (Å²) in [5.74, 6) is 0. The number of hydrogen-bond donors (Lipinski definition) is 0. The fourth-order valence-electron chi connectivity index (χ4n) is 1.79. The number of nitro groups is 1. The minimum Gasteiger partial charge on any atom is -0.442 e. The number of benzene rings is 1. The summed E-state index contributed by atoms with van der Waals surface area (Å²) < 4.78 is 6.18. The van der Waals surface area contributed by atoms with Crippen LogP contribution in [0.15, 0.2) is 18.3 Å². The normalized spacial score (nSPS) is 11.6. The van der Waals surface area contributed by atoms with Crippen molar-refractivity contribution in [2.45, 2.75) is 33.3 Å². The number of ether oxygens (including phenoxy) is 1. The van der Waals surface area contributed by atoms with Gasteiger partial charge in [-0.25, -0.2) is 4.79 Å². The summed E-state index contributed by atoms with van der Waals surface area (Å²) in [5.41, 5.74) is 0.439. The number of aryl methyl sites for hydroxylation is 1. The van der Waals surface area contributed by atoms with Crippen LogP contribution in [0.4, 0.5) is 10.5 Å². The SMILES string of the molecule is Cc1ccc([N+](=O)[O-])c2cn(C(=O)OC(C)(C)C)nc12. The third-order valence-corrected chi connectivity index (χ3v) is 2.63. The Morgan fingerprint density at radius 1 is 1.40 bits per heavy atom. The van der Waals surface area contributed by atoms with Gasteiger partial charge in [0.1, 0.15) is 11.1 Å². The summed E-state index contributed by atoms with van der Waals surface area (Å²) in [7, 11) is 0. The smallest absolute Gasteiger partial charge is 0.435 e. The van der Waals surface area contributed by atoms with Gasteiger partial charge >= 0.3 is 6.09 Å². The average molecular weight is 277 g/mol. The minimum absolute atomic E-state index is 0.0830. The van der Waals surface area contributed by atoms with Crippen LogP contribution >= 0.6 is 0 Å². The second kappa shape index (κ2) is 4.59. The summed E-state index contributed by atoms with van der Waals surface area (Å²) in [5, 5.41) is 15.4. The molecule has 1 aromatic heterocycles. The van der Waals surface area contributed by atoms with Crippen LogP contribution in [0.5, 0.6) is 0 Å². The molecule has 0 aliphatic carbocycles. The number of rotatable bonds is 1. The van der Waals surface area contributed by atoms with Gasteiger partial charge in [0.2, 0.25) is 0 Å². The van der Waals surface area contributed by atoms with Gasteiger partial charge in [-0.05, 0) is 33.3 Å². The second-order valence-electron chi connectivity index (χ2n) is 5.47. The lowest BCUT2D eigenvalue weighted by molar-refractivity contribution is -0.383. The first-order valence-electron chi connectivity index (χ1n) is 6.06. The molecule has 0 spiro atoms. The Bertz CT molecular complexity index is 697. The fourth-order valence-corrected chi connectivity index (χ4v) is 1.79. The van der Waals surface area contributed by atoms with Gasteiger partial charge in [-0.1, -0.05) is 6.07 Å². The van der Waals surface area contributed by atoms with E-state index in [0.717, 1.165) is 10.2 Å². The molecule has 106 valence electrons. The highest BCUT2D eigenvalue weighted by Gasteiger charge is 2.22. The molecule has 0 saturated carbocycles. The molecule has 7 nitrogen and oxygen atoms in total. The van der Waals surface area contributed by atoms with Crippen LogP contribution in [0.2, 0.25) is 0 Å². The van der Waals surface area contributed by atoms with Crippen LogP contribution in [-0.2, 0) is 4.74 Å². The van der Waals surface area contributed by atoms with Crippen molar-refractivity contribution in [3.8, 4) is 0 Å². The first-order valence-corrected chi connectivity index (χ1v) is 6.06. The Morgan fingerprint density at radius 2 is 2.05 bits per heavy atom. The predicted molar refractivity (Wildman–Crippen MR) is 72.8 cm³/mol. The molecule has 0 unspecified atom stereocenters.